The third kappa shape index (κ3) is 4.96. The van der Waals surface area contributed by atoms with Gasteiger partial charge in [-0.2, -0.15) is 5.26 Å². The fourth-order valence-electron chi connectivity index (χ4n) is 3.45. The van der Waals surface area contributed by atoms with Crippen molar-refractivity contribution < 1.29 is 28.5 Å². The Morgan fingerprint density at radius 3 is 2.50 bits per heavy atom. The summed E-state index contributed by atoms with van der Waals surface area (Å²) >= 11 is 12.0. The number of halogens is 2. The molecule has 2 aromatic rings. The zero-order valence-electron chi connectivity index (χ0n) is 18.5. The number of allylic oxidation sites excluding steroid dienone is 2. The first-order valence-corrected chi connectivity index (χ1v) is 10.8. The number of nitrogens with two attached hydrogens (primary N) is 1. The van der Waals surface area contributed by atoms with Gasteiger partial charge in [-0.05, 0) is 49.7 Å². The van der Waals surface area contributed by atoms with Gasteiger partial charge in [-0.3, -0.25) is 0 Å². The van der Waals surface area contributed by atoms with Gasteiger partial charge in [0, 0.05) is 5.02 Å². The summed E-state index contributed by atoms with van der Waals surface area (Å²) in [5.74, 6) is -1.86. The van der Waals surface area contributed by atoms with Gasteiger partial charge in [-0.25, -0.2) is 9.59 Å². The largest absolute Gasteiger partial charge is 0.493 e. The van der Waals surface area contributed by atoms with Crippen LogP contribution in [0.2, 0.25) is 10.0 Å². The van der Waals surface area contributed by atoms with E-state index in [-0.39, 0.29) is 51.5 Å². The Labute approximate surface area is 206 Å². The van der Waals surface area contributed by atoms with Crippen molar-refractivity contribution in [2.75, 3.05) is 13.7 Å². The number of carbonyl (C=O) groups excluding carboxylic acids is 2. The van der Waals surface area contributed by atoms with Gasteiger partial charge in [0.1, 0.15) is 17.4 Å². The highest BCUT2D eigenvalue weighted by Crippen LogP contribution is 2.42. The topological polar surface area (TPSA) is 121 Å². The molecule has 1 atom stereocenters. The molecule has 0 aromatic heterocycles. The van der Waals surface area contributed by atoms with Crippen molar-refractivity contribution in [2.24, 2.45) is 5.73 Å². The number of esters is 2. The van der Waals surface area contributed by atoms with Gasteiger partial charge in [0.25, 0.3) is 0 Å². The van der Waals surface area contributed by atoms with Crippen LogP contribution in [0.25, 0.3) is 0 Å². The molecule has 0 saturated heterocycles. The van der Waals surface area contributed by atoms with E-state index >= 15 is 0 Å². The van der Waals surface area contributed by atoms with Gasteiger partial charge in [0.2, 0.25) is 5.88 Å². The van der Waals surface area contributed by atoms with E-state index in [1.54, 1.807) is 26.0 Å². The Hall–Kier alpha value is -3.67. The molecule has 0 amide bonds. The minimum absolute atomic E-state index is 0.0356. The van der Waals surface area contributed by atoms with E-state index in [1.807, 2.05) is 6.07 Å². The van der Waals surface area contributed by atoms with Gasteiger partial charge in [-0.15, -0.1) is 0 Å². The summed E-state index contributed by atoms with van der Waals surface area (Å²) in [5.41, 5.74) is 6.69. The molecule has 0 aliphatic carbocycles. The number of carbonyl (C=O) groups is 2. The van der Waals surface area contributed by atoms with Crippen LogP contribution in [0.4, 0.5) is 0 Å². The summed E-state index contributed by atoms with van der Waals surface area (Å²) in [5, 5.41) is 10.2. The standard InChI is InChI=1S/C24H20Cl2N2O6/c1-4-32-24(30)20-12(2)33-22(28)16(11-27)21(20)13-5-8-18(19(9-13)31-3)34-23(29)15-7-6-14(25)10-17(15)26/h5-10,21H,4,28H2,1-3H3. The minimum atomic E-state index is -0.873. The number of nitrogens with zero attached hydrogens (tertiary/aromatic N) is 1. The van der Waals surface area contributed by atoms with Gasteiger partial charge in [0.15, 0.2) is 11.5 Å². The molecule has 2 aromatic carbocycles. The average molecular weight is 503 g/mol. The van der Waals surface area contributed by atoms with E-state index in [9.17, 15) is 14.9 Å². The number of hydrogen-bond acceptors (Lipinski definition) is 8. The van der Waals surface area contributed by atoms with E-state index in [4.69, 9.17) is 47.9 Å². The van der Waals surface area contributed by atoms with Crippen LogP contribution in [0.15, 0.2) is 59.2 Å². The quantitative estimate of drug-likeness (QED) is 0.438. The molecule has 176 valence electrons. The van der Waals surface area contributed by atoms with Crippen molar-refractivity contribution in [3.8, 4) is 17.6 Å². The van der Waals surface area contributed by atoms with Crippen molar-refractivity contribution >= 4 is 35.1 Å². The lowest BCUT2D eigenvalue weighted by atomic mass is 9.83. The molecule has 2 N–H and O–H groups in total. The Morgan fingerprint density at radius 1 is 1.15 bits per heavy atom. The minimum Gasteiger partial charge on any atom is -0.493 e. The first-order chi connectivity index (χ1) is 16.2. The highest BCUT2D eigenvalue weighted by Gasteiger charge is 2.36. The van der Waals surface area contributed by atoms with Crippen LogP contribution in [0, 0.1) is 11.3 Å². The number of rotatable bonds is 6. The Morgan fingerprint density at radius 2 is 1.88 bits per heavy atom. The van der Waals surface area contributed by atoms with Crippen LogP contribution < -0.4 is 15.2 Å². The number of ether oxygens (including phenoxy) is 4. The highest BCUT2D eigenvalue weighted by molar-refractivity contribution is 6.36. The first kappa shape index (κ1) is 25.0. The third-order valence-electron chi connectivity index (χ3n) is 4.98. The van der Waals surface area contributed by atoms with Crippen LogP contribution in [-0.4, -0.2) is 25.7 Å². The Balaban J connectivity index is 2.02. The number of benzene rings is 2. The average Bonchev–Trinajstić information content (AvgIpc) is 2.78. The summed E-state index contributed by atoms with van der Waals surface area (Å²) in [6, 6.07) is 11.0. The maximum absolute atomic E-state index is 12.7. The van der Waals surface area contributed by atoms with Crippen LogP contribution in [0.5, 0.6) is 11.5 Å². The van der Waals surface area contributed by atoms with Gasteiger partial charge >= 0.3 is 11.9 Å². The third-order valence-corrected chi connectivity index (χ3v) is 5.52. The van der Waals surface area contributed by atoms with Crippen LogP contribution in [-0.2, 0) is 14.3 Å². The SMILES string of the molecule is CCOC(=O)C1=C(C)OC(N)=C(C#N)C1c1ccc(OC(=O)c2ccc(Cl)cc2Cl)c(OC)c1. The first-order valence-electron chi connectivity index (χ1n) is 10.0. The molecule has 3 rings (SSSR count). The zero-order chi connectivity index (χ0) is 25.0. The summed E-state index contributed by atoms with van der Waals surface area (Å²) < 4.78 is 21.5. The van der Waals surface area contributed by atoms with Crippen molar-refractivity contribution in [3.05, 3.63) is 80.4 Å². The molecule has 1 heterocycles. The molecule has 10 heteroatoms. The molecule has 1 aliphatic rings. The molecular weight excluding hydrogens is 483 g/mol. The molecule has 0 bridgehead atoms. The number of nitriles is 1. The molecule has 0 radical (unpaired) electrons. The van der Waals surface area contributed by atoms with Crippen molar-refractivity contribution in [1.82, 2.24) is 0 Å². The van der Waals surface area contributed by atoms with Gasteiger partial charge in [-0.1, -0.05) is 29.3 Å². The molecule has 34 heavy (non-hydrogen) atoms. The van der Waals surface area contributed by atoms with Crippen molar-refractivity contribution in [2.45, 2.75) is 19.8 Å². The van der Waals surface area contributed by atoms with E-state index in [2.05, 4.69) is 0 Å². The molecular formula is C24H20Cl2N2O6. The maximum Gasteiger partial charge on any atom is 0.345 e. The second-order valence-electron chi connectivity index (χ2n) is 7.04. The smallest absolute Gasteiger partial charge is 0.345 e. The zero-order valence-corrected chi connectivity index (χ0v) is 20.0. The molecule has 1 aliphatic heterocycles. The maximum atomic E-state index is 12.7. The van der Waals surface area contributed by atoms with E-state index < -0.39 is 17.9 Å². The fourth-order valence-corrected chi connectivity index (χ4v) is 3.93. The second-order valence-corrected chi connectivity index (χ2v) is 7.88. The van der Waals surface area contributed by atoms with Crippen LogP contribution >= 0.6 is 23.2 Å². The lowest BCUT2D eigenvalue weighted by molar-refractivity contribution is -0.139. The van der Waals surface area contributed by atoms with Crippen LogP contribution in [0.3, 0.4) is 0 Å². The summed E-state index contributed by atoms with van der Waals surface area (Å²) in [6.45, 7) is 3.36. The predicted octanol–water partition coefficient (Wildman–Crippen LogP) is 4.87. The Kier molecular flexibility index (Phi) is 7.72. The molecule has 8 nitrogen and oxygen atoms in total. The molecule has 1 unspecified atom stereocenters. The number of hydrogen-bond donors (Lipinski definition) is 1. The van der Waals surface area contributed by atoms with E-state index in [0.717, 1.165) is 0 Å². The highest BCUT2D eigenvalue weighted by atomic mass is 35.5. The van der Waals surface area contributed by atoms with Crippen LogP contribution in [0.1, 0.15) is 35.7 Å². The van der Waals surface area contributed by atoms with E-state index in [0.29, 0.717) is 10.6 Å². The van der Waals surface area contributed by atoms with Crippen molar-refractivity contribution in [1.29, 1.82) is 5.26 Å². The Bertz CT molecular complexity index is 1260. The van der Waals surface area contributed by atoms with Crippen molar-refractivity contribution in [3.63, 3.8) is 0 Å². The fraction of sp³-hybridized carbons (Fsp3) is 0.208. The lowest BCUT2D eigenvalue weighted by Gasteiger charge is -2.27. The summed E-state index contributed by atoms with van der Waals surface area (Å²) in [7, 11) is 1.39. The molecule has 0 spiro atoms. The molecule has 0 fully saturated rings. The second kappa shape index (κ2) is 10.5. The lowest BCUT2D eigenvalue weighted by Crippen LogP contribution is -2.25. The van der Waals surface area contributed by atoms with Gasteiger partial charge in [0.05, 0.1) is 35.8 Å². The summed E-state index contributed by atoms with van der Waals surface area (Å²) in [4.78, 5) is 25.3. The van der Waals surface area contributed by atoms with E-state index in [1.165, 1.54) is 31.4 Å². The summed E-state index contributed by atoms with van der Waals surface area (Å²) in [6.07, 6.45) is 0. The molecule has 0 saturated carbocycles. The monoisotopic (exact) mass is 502 g/mol. The number of methoxy groups -OCH3 is 1. The normalized spacial score (nSPS) is 15.4. The predicted molar refractivity (Wildman–Crippen MR) is 124 cm³/mol. The van der Waals surface area contributed by atoms with Gasteiger partial charge < -0.3 is 24.7 Å².